The van der Waals surface area contributed by atoms with E-state index >= 15 is 0 Å². The van der Waals surface area contributed by atoms with E-state index in [2.05, 4.69) is 4.90 Å². The van der Waals surface area contributed by atoms with Crippen molar-refractivity contribution < 1.29 is 14.3 Å². The van der Waals surface area contributed by atoms with Crippen LogP contribution in [0.4, 0.5) is 0 Å². The predicted molar refractivity (Wildman–Crippen MR) is 85.5 cm³/mol. The molecule has 2 heterocycles. The molecule has 23 heavy (non-hydrogen) atoms. The van der Waals surface area contributed by atoms with E-state index in [4.69, 9.17) is 10.5 Å². The molecule has 0 aliphatic carbocycles. The Hall–Kier alpha value is -1.92. The molecule has 2 aliphatic rings. The second-order valence-corrected chi connectivity index (χ2v) is 6.08. The predicted octanol–water partition coefficient (Wildman–Crippen LogP) is 0.536. The van der Waals surface area contributed by atoms with Gasteiger partial charge in [-0.2, -0.15) is 0 Å². The first kappa shape index (κ1) is 16.0. The monoisotopic (exact) mass is 317 g/mol. The Morgan fingerprint density at radius 3 is 2.39 bits per heavy atom. The van der Waals surface area contributed by atoms with Crippen LogP contribution in [0.3, 0.4) is 0 Å². The molecule has 3 rings (SSSR count). The van der Waals surface area contributed by atoms with Crippen molar-refractivity contribution in [1.29, 1.82) is 0 Å². The molecule has 0 aromatic heterocycles. The van der Waals surface area contributed by atoms with Crippen molar-refractivity contribution in [2.24, 2.45) is 5.73 Å². The second-order valence-electron chi connectivity index (χ2n) is 6.08. The highest BCUT2D eigenvalue weighted by Crippen LogP contribution is 2.23. The highest BCUT2D eigenvalue weighted by atomic mass is 16.5. The van der Waals surface area contributed by atoms with Crippen LogP contribution in [0.5, 0.6) is 0 Å². The van der Waals surface area contributed by atoms with Crippen LogP contribution in [0, 0.1) is 0 Å². The lowest BCUT2D eigenvalue weighted by Gasteiger charge is -2.38. The van der Waals surface area contributed by atoms with Crippen molar-refractivity contribution in [1.82, 2.24) is 9.80 Å². The fourth-order valence-corrected chi connectivity index (χ4v) is 3.37. The molecule has 2 N–H and O–H groups in total. The summed E-state index contributed by atoms with van der Waals surface area (Å²) in [5.41, 5.74) is 6.51. The van der Waals surface area contributed by atoms with E-state index in [9.17, 15) is 9.59 Å². The summed E-state index contributed by atoms with van der Waals surface area (Å²) >= 11 is 0. The molecule has 0 radical (unpaired) electrons. The number of benzene rings is 1. The molecule has 1 aromatic rings. The molecule has 2 unspecified atom stereocenters. The van der Waals surface area contributed by atoms with Gasteiger partial charge < -0.3 is 15.4 Å². The quantitative estimate of drug-likeness (QED) is 0.879. The zero-order chi connectivity index (χ0) is 16.2. The van der Waals surface area contributed by atoms with Gasteiger partial charge in [-0.15, -0.1) is 0 Å². The molecule has 0 spiro atoms. The van der Waals surface area contributed by atoms with E-state index in [1.54, 1.807) is 0 Å². The van der Waals surface area contributed by atoms with Crippen molar-refractivity contribution in [3.05, 3.63) is 35.9 Å². The smallest absolute Gasteiger partial charge is 0.251 e. The third-order valence-corrected chi connectivity index (χ3v) is 4.58. The Bertz CT molecular complexity index is 549. The van der Waals surface area contributed by atoms with Gasteiger partial charge in [0.25, 0.3) is 5.91 Å². The van der Waals surface area contributed by atoms with Crippen LogP contribution >= 0.6 is 0 Å². The molecule has 6 nitrogen and oxygen atoms in total. The summed E-state index contributed by atoms with van der Waals surface area (Å²) in [4.78, 5) is 28.2. The minimum absolute atomic E-state index is 0.0810. The first-order valence-corrected chi connectivity index (χ1v) is 8.15. The maximum absolute atomic E-state index is 12.4. The third-order valence-electron chi connectivity index (χ3n) is 4.58. The SMILES string of the molecule is NC(=O)C(c1ccccc1)N1CCN(C(=O)C2CCCO2)CC1. The van der Waals surface area contributed by atoms with Crippen molar-refractivity contribution in [2.75, 3.05) is 32.8 Å². The summed E-state index contributed by atoms with van der Waals surface area (Å²) in [6.45, 7) is 3.17. The highest BCUT2D eigenvalue weighted by Gasteiger charge is 2.33. The van der Waals surface area contributed by atoms with Gasteiger partial charge in [0.2, 0.25) is 5.91 Å². The lowest BCUT2D eigenvalue weighted by molar-refractivity contribution is -0.143. The number of piperazine rings is 1. The average molecular weight is 317 g/mol. The molecule has 6 heteroatoms. The van der Waals surface area contributed by atoms with Crippen LogP contribution in [-0.4, -0.2) is 60.5 Å². The standard InChI is InChI=1S/C17H23N3O3/c18-16(21)15(13-5-2-1-3-6-13)19-8-10-20(11-9-19)17(22)14-7-4-12-23-14/h1-3,5-6,14-15H,4,7-12H2,(H2,18,21). The fraction of sp³-hybridized carbons (Fsp3) is 0.529. The van der Waals surface area contributed by atoms with E-state index < -0.39 is 6.04 Å². The number of primary amides is 1. The summed E-state index contributed by atoms with van der Waals surface area (Å²) in [5, 5.41) is 0. The number of rotatable bonds is 4. The molecule has 124 valence electrons. The van der Waals surface area contributed by atoms with Gasteiger partial charge >= 0.3 is 0 Å². The highest BCUT2D eigenvalue weighted by molar-refractivity contribution is 5.82. The number of hydrogen-bond acceptors (Lipinski definition) is 4. The van der Waals surface area contributed by atoms with Crippen LogP contribution in [0.1, 0.15) is 24.4 Å². The molecule has 1 aromatic carbocycles. The number of carbonyl (C=O) groups is 2. The van der Waals surface area contributed by atoms with Crippen molar-refractivity contribution in [2.45, 2.75) is 25.0 Å². The second kappa shape index (κ2) is 7.10. The fourth-order valence-electron chi connectivity index (χ4n) is 3.37. The maximum atomic E-state index is 12.4. The normalized spacial score (nSPS) is 23.7. The maximum Gasteiger partial charge on any atom is 0.251 e. The summed E-state index contributed by atoms with van der Waals surface area (Å²) in [5.74, 6) is -0.271. The van der Waals surface area contributed by atoms with E-state index in [1.807, 2.05) is 35.2 Å². The van der Waals surface area contributed by atoms with Crippen LogP contribution < -0.4 is 5.73 Å². The topological polar surface area (TPSA) is 75.9 Å². The number of nitrogens with zero attached hydrogens (tertiary/aromatic N) is 2. The van der Waals surface area contributed by atoms with Gasteiger partial charge in [-0.1, -0.05) is 30.3 Å². The summed E-state index contributed by atoms with van der Waals surface area (Å²) in [6, 6.07) is 9.12. The number of carbonyl (C=O) groups excluding carboxylic acids is 2. The Kier molecular flexibility index (Phi) is 4.93. The largest absolute Gasteiger partial charge is 0.368 e. The minimum atomic E-state index is -0.434. The van der Waals surface area contributed by atoms with E-state index in [1.165, 1.54) is 0 Å². The van der Waals surface area contributed by atoms with Crippen molar-refractivity contribution in [3.63, 3.8) is 0 Å². The average Bonchev–Trinajstić information content (AvgIpc) is 3.10. The molecule has 2 aliphatic heterocycles. The van der Waals surface area contributed by atoms with Gasteiger partial charge in [-0.25, -0.2) is 0 Å². The first-order chi connectivity index (χ1) is 11.2. The van der Waals surface area contributed by atoms with Gasteiger partial charge in [0.15, 0.2) is 0 Å². The lowest BCUT2D eigenvalue weighted by atomic mass is 10.0. The van der Waals surface area contributed by atoms with Gasteiger partial charge in [-0.05, 0) is 18.4 Å². The third kappa shape index (κ3) is 3.54. The molecule has 0 bridgehead atoms. The Morgan fingerprint density at radius 2 is 1.83 bits per heavy atom. The number of nitrogens with two attached hydrogens (primary N) is 1. The van der Waals surface area contributed by atoms with E-state index in [0.717, 1.165) is 18.4 Å². The minimum Gasteiger partial charge on any atom is -0.368 e. The van der Waals surface area contributed by atoms with Crippen LogP contribution in [0.15, 0.2) is 30.3 Å². The van der Waals surface area contributed by atoms with E-state index in [0.29, 0.717) is 32.8 Å². The molecular weight excluding hydrogens is 294 g/mol. The number of ether oxygens (including phenoxy) is 1. The van der Waals surface area contributed by atoms with Crippen LogP contribution in [0.25, 0.3) is 0 Å². The molecule has 2 fully saturated rings. The zero-order valence-electron chi connectivity index (χ0n) is 13.2. The first-order valence-electron chi connectivity index (χ1n) is 8.15. The Balaban J connectivity index is 1.63. The summed E-state index contributed by atoms with van der Waals surface area (Å²) in [7, 11) is 0. The molecular formula is C17H23N3O3. The van der Waals surface area contributed by atoms with Crippen molar-refractivity contribution >= 4 is 11.8 Å². The molecule has 0 saturated carbocycles. The zero-order valence-corrected chi connectivity index (χ0v) is 13.2. The Morgan fingerprint density at radius 1 is 1.13 bits per heavy atom. The van der Waals surface area contributed by atoms with Crippen LogP contribution in [-0.2, 0) is 14.3 Å². The van der Waals surface area contributed by atoms with E-state index in [-0.39, 0.29) is 17.9 Å². The lowest BCUT2D eigenvalue weighted by Crippen LogP contribution is -2.53. The summed E-state index contributed by atoms with van der Waals surface area (Å²) in [6.07, 6.45) is 1.49. The molecule has 2 atom stereocenters. The van der Waals surface area contributed by atoms with Gasteiger partial charge in [0.05, 0.1) is 0 Å². The van der Waals surface area contributed by atoms with Gasteiger partial charge in [-0.3, -0.25) is 14.5 Å². The summed E-state index contributed by atoms with van der Waals surface area (Å²) < 4.78 is 5.47. The Labute approximate surface area is 136 Å². The van der Waals surface area contributed by atoms with Gasteiger partial charge in [0, 0.05) is 32.8 Å². The molecule has 2 amide bonds. The number of amides is 2. The van der Waals surface area contributed by atoms with Crippen molar-refractivity contribution in [3.8, 4) is 0 Å². The van der Waals surface area contributed by atoms with Gasteiger partial charge in [0.1, 0.15) is 12.1 Å². The molecule has 2 saturated heterocycles. The van der Waals surface area contributed by atoms with Crippen LogP contribution in [0.2, 0.25) is 0 Å². The number of hydrogen-bond donors (Lipinski definition) is 1.